The highest BCUT2D eigenvalue weighted by Gasteiger charge is 2.18. The van der Waals surface area contributed by atoms with Gasteiger partial charge in [0.1, 0.15) is 0 Å². The number of aryl methyl sites for hydroxylation is 1. The molecule has 0 radical (unpaired) electrons. The predicted molar refractivity (Wildman–Crippen MR) is 78.3 cm³/mol. The van der Waals surface area contributed by atoms with Gasteiger partial charge in [-0.25, -0.2) is 0 Å². The van der Waals surface area contributed by atoms with E-state index < -0.39 is 0 Å². The van der Waals surface area contributed by atoms with Crippen LogP contribution in [0.2, 0.25) is 0 Å². The van der Waals surface area contributed by atoms with E-state index in [-0.39, 0.29) is 5.91 Å². The highest BCUT2D eigenvalue weighted by molar-refractivity contribution is 5.73. The molecule has 1 aliphatic rings. The molecule has 0 bridgehead atoms. The van der Waals surface area contributed by atoms with Crippen LogP contribution in [0, 0.1) is 0 Å². The second-order valence-electron chi connectivity index (χ2n) is 5.05. The molecule has 1 aromatic carbocycles. The molecule has 4 heteroatoms. The van der Waals surface area contributed by atoms with Crippen molar-refractivity contribution < 1.29 is 4.79 Å². The van der Waals surface area contributed by atoms with Crippen LogP contribution < -0.4 is 10.6 Å². The number of anilines is 1. The van der Waals surface area contributed by atoms with Gasteiger partial charge in [0, 0.05) is 38.8 Å². The average Bonchev–Trinajstić information content (AvgIpc) is 2.46. The van der Waals surface area contributed by atoms with E-state index in [4.69, 9.17) is 5.73 Å². The van der Waals surface area contributed by atoms with E-state index in [1.807, 2.05) is 4.90 Å². The molecular formula is C15H23N3O. The standard InChI is InChI=1S/C15H23N3O/c1-13(19)17-9-11-18(12-10-17)15-6-4-14(5-7-15)3-2-8-16/h4-7H,2-3,8-12,16H2,1H3. The third-order valence-corrected chi connectivity index (χ3v) is 3.70. The lowest BCUT2D eigenvalue weighted by atomic mass is 10.1. The van der Waals surface area contributed by atoms with E-state index in [9.17, 15) is 4.79 Å². The summed E-state index contributed by atoms with van der Waals surface area (Å²) < 4.78 is 0. The Kier molecular flexibility index (Phi) is 4.80. The first-order valence-electron chi connectivity index (χ1n) is 7.00. The van der Waals surface area contributed by atoms with Gasteiger partial charge >= 0.3 is 0 Å². The maximum absolute atomic E-state index is 11.3. The lowest BCUT2D eigenvalue weighted by Crippen LogP contribution is -2.48. The van der Waals surface area contributed by atoms with E-state index in [2.05, 4.69) is 29.2 Å². The minimum absolute atomic E-state index is 0.178. The number of hydrogen-bond acceptors (Lipinski definition) is 3. The van der Waals surface area contributed by atoms with Crippen LogP contribution in [0.4, 0.5) is 5.69 Å². The fourth-order valence-electron chi connectivity index (χ4n) is 2.46. The summed E-state index contributed by atoms with van der Waals surface area (Å²) in [4.78, 5) is 15.5. The van der Waals surface area contributed by atoms with Crippen LogP contribution >= 0.6 is 0 Å². The van der Waals surface area contributed by atoms with Gasteiger partial charge in [0.25, 0.3) is 0 Å². The molecule has 2 N–H and O–H groups in total. The molecule has 0 saturated carbocycles. The highest BCUT2D eigenvalue weighted by Crippen LogP contribution is 2.18. The number of benzene rings is 1. The molecule has 1 aliphatic heterocycles. The molecule has 1 heterocycles. The summed E-state index contributed by atoms with van der Waals surface area (Å²) in [5, 5.41) is 0. The monoisotopic (exact) mass is 261 g/mol. The second kappa shape index (κ2) is 6.57. The van der Waals surface area contributed by atoms with Crippen molar-refractivity contribution in [3.05, 3.63) is 29.8 Å². The summed E-state index contributed by atoms with van der Waals surface area (Å²) in [6.45, 7) is 5.87. The van der Waals surface area contributed by atoms with E-state index >= 15 is 0 Å². The first-order chi connectivity index (χ1) is 9.20. The van der Waals surface area contributed by atoms with Crippen molar-refractivity contribution in [1.29, 1.82) is 0 Å². The van der Waals surface area contributed by atoms with Crippen molar-refractivity contribution >= 4 is 11.6 Å². The summed E-state index contributed by atoms with van der Waals surface area (Å²) in [5.41, 5.74) is 8.11. The average molecular weight is 261 g/mol. The van der Waals surface area contributed by atoms with Crippen LogP contribution in [0.3, 0.4) is 0 Å². The fraction of sp³-hybridized carbons (Fsp3) is 0.533. The molecule has 0 aliphatic carbocycles. The van der Waals surface area contributed by atoms with Gasteiger partial charge in [0.05, 0.1) is 0 Å². The van der Waals surface area contributed by atoms with Crippen molar-refractivity contribution in [2.75, 3.05) is 37.6 Å². The molecule has 0 spiro atoms. The first-order valence-corrected chi connectivity index (χ1v) is 7.00. The molecule has 1 saturated heterocycles. The Bertz CT molecular complexity index is 408. The van der Waals surface area contributed by atoms with Crippen molar-refractivity contribution in [3.63, 3.8) is 0 Å². The van der Waals surface area contributed by atoms with Crippen molar-refractivity contribution in [3.8, 4) is 0 Å². The van der Waals surface area contributed by atoms with Crippen LogP contribution in [0.1, 0.15) is 18.9 Å². The maximum Gasteiger partial charge on any atom is 0.219 e. The number of carbonyl (C=O) groups is 1. The predicted octanol–water partition coefficient (Wildman–Crippen LogP) is 1.25. The zero-order valence-electron chi connectivity index (χ0n) is 11.6. The van der Waals surface area contributed by atoms with Crippen molar-refractivity contribution in [2.45, 2.75) is 19.8 Å². The van der Waals surface area contributed by atoms with Gasteiger partial charge in [0.15, 0.2) is 0 Å². The van der Waals surface area contributed by atoms with Crippen LogP contribution in [-0.2, 0) is 11.2 Å². The Labute approximate surface area is 115 Å². The van der Waals surface area contributed by atoms with E-state index in [0.29, 0.717) is 0 Å². The van der Waals surface area contributed by atoms with Crippen LogP contribution in [0.25, 0.3) is 0 Å². The van der Waals surface area contributed by atoms with E-state index in [1.54, 1.807) is 6.92 Å². The fourth-order valence-corrected chi connectivity index (χ4v) is 2.46. The SMILES string of the molecule is CC(=O)N1CCN(c2ccc(CCCN)cc2)CC1. The molecule has 104 valence electrons. The summed E-state index contributed by atoms with van der Waals surface area (Å²) >= 11 is 0. The van der Waals surface area contributed by atoms with Gasteiger partial charge in [-0.05, 0) is 37.1 Å². The number of amides is 1. The molecular weight excluding hydrogens is 238 g/mol. The molecule has 0 aromatic heterocycles. The number of piperazine rings is 1. The molecule has 1 amide bonds. The quantitative estimate of drug-likeness (QED) is 0.887. The molecule has 1 aromatic rings. The van der Waals surface area contributed by atoms with Gasteiger partial charge in [0.2, 0.25) is 5.91 Å². The topological polar surface area (TPSA) is 49.6 Å². The number of carbonyl (C=O) groups excluding carboxylic acids is 1. The zero-order chi connectivity index (χ0) is 13.7. The Balaban J connectivity index is 1.90. The zero-order valence-corrected chi connectivity index (χ0v) is 11.6. The van der Waals surface area contributed by atoms with Gasteiger partial charge in [-0.3, -0.25) is 4.79 Å². The van der Waals surface area contributed by atoms with E-state index in [1.165, 1.54) is 11.3 Å². The molecule has 19 heavy (non-hydrogen) atoms. The molecule has 4 nitrogen and oxygen atoms in total. The van der Waals surface area contributed by atoms with Crippen LogP contribution in [0.5, 0.6) is 0 Å². The lowest BCUT2D eigenvalue weighted by Gasteiger charge is -2.35. The van der Waals surface area contributed by atoms with Crippen LogP contribution in [-0.4, -0.2) is 43.5 Å². The minimum atomic E-state index is 0.178. The third kappa shape index (κ3) is 3.70. The summed E-state index contributed by atoms with van der Waals surface area (Å²) in [6.07, 6.45) is 2.09. The Morgan fingerprint density at radius 2 is 1.79 bits per heavy atom. The van der Waals surface area contributed by atoms with Gasteiger partial charge < -0.3 is 15.5 Å². The minimum Gasteiger partial charge on any atom is -0.368 e. The third-order valence-electron chi connectivity index (χ3n) is 3.70. The van der Waals surface area contributed by atoms with Crippen molar-refractivity contribution in [2.24, 2.45) is 5.73 Å². The Morgan fingerprint density at radius 3 is 2.32 bits per heavy atom. The number of nitrogens with zero attached hydrogens (tertiary/aromatic N) is 2. The lowest BCUT2D eigenvalue weighted by molar-refractivity contribution is -0.129. The van der Waals surface area contributed by atoms with Gasteiger partial charge in [-0.15, -0.1) is 0 Å². The largest absolute Gasteiger partial charge is 0.368 e. The van der Waals surface area contributed by atoms with Crippen LogP contribution in [0.15, 0.2) is 24.3 Å². The Morgan fingerprint density at radius 1 is 1.16 bits per heavy atom. The second-order valence-corrected chi connectivity index (χ2v) is 5.05. The summed E-state index contributed by atoms with van der Waals surface area (Å²) in [6, 6.07) is 8.72. The highest BCUT2D eigenvalue weighted by atomic mass is 16.2. The van der Waals surface area contributed by atoms with E-state index in [0.717, 1.165) is 45.6 Å². The normalized spacial score (nSPS) is 15.7. The molecule has 2 rings (SSSR count). The summed E-state index contributed by atoms with van der Waals surface area (Å²) in [5.74, 6) is 0.178. The maximum atomic E-state index is 11.3. The molecule has 0 atom stereocenters. The Hall–Kier alpha value is -1.55. The smallest absolute Gasteiger partial charge is 0.219 e. The summed E-state index contributed by atoms with van der Waals surface area (Å²) in [7, 11) is 0. The number of nitrogens with two attached hydrogens (primary N) is 1. The number of hydrogen-bond donors (Lipinski definition) is 1. The molecule has 1 fully saturated rings. The van der Waals surface area contributed by atoms with Gasteiger partial charge in [-0.1, -0.05) is 12.1 Å². The van der Waals surface area contributed by atoms with Crippen molar-refractivity contribution in [1.82, 2.24) is 4.90 Å². The number of rotatable bonds is 4. The van der Waals surface area contributed by atoms with Gasteiger partial charge in [-0.2, -0.15) is 0 Å². The molecule has 0 unspecified atom stereocenters. The first kappa shape index (κ1) is 13.9.